The van der Waals surface area contributed by atoms with E-state index in [0.717, 1.165) is 5.56 Å². The molecule has 5 nitrogen and oxygen atoms in total. The van der Waals surface area contributed by atoms with Crippen molar-refractivity contribution >= 4 is 6.09 Å². The number of amides is 1. The molecule has 5 heteroatoms. The summed E-state index contributed by atoms with van der Waals surface area (Å²) < 4.78 is 5.11. The van der Waals surface area contributed by atoms with Crippen molar-refractivity contribution in [2.24, 2.45) is 5.92 Å². The van der Waals surface area contributed by atoms with E-state index in [1.165, 1.54) is 0 Å². The van der Waals surface area contributed by atoms with Gasteiger partial charge in [-0.15, -0.1) is 0 Å². The van der Waals surface area contributed by atoms with Crippen molar-refractivity contribution in [1.29, 1.82) is 0 Å². The Balaban J connectivity index is 2.60. The Hall–Kier alpha value is -1.59. The number of alkyl carbamates (subject to hydrolysis) is 1. The smallest absolute Gasteiger partial charge is 0.407 e. The lowest BCUT2D eigenvalue weighted by Crippen LogP contribution is -2.57. The van der Waals surface area contributed by atoms with Gasteiger partial charge < -0.3 is 20.3 Å². The van der Waals surface area contributed by atoms with Crippen molar-refractivity contribution in [1.82, 2.24) is 5.32 Å². The SMILES string of the molecule is CC(C)[C@@H](O)[C@H](NC(=O)OCc1ccccc1)C(C)(C)O. The first kappa shape index (κ1) is 17.5. The Labute approximate surface area is 125 Å². The van der Waals surface area contributed by atoms with Gasteiger partial charge in [-0.25, -0.2) is 4.79 Å². The summed E-state index contributed by atoms with van der Waals surface area (Å²) in [5, 5.41) is 22.8. The topological polar surface area (TPSA) is 78.8 Å². The highest BCUT2D eigenvalue weighted by atomic mass is 16.5. The van der Waals surface area contributed by atoms with Gasteiger partial charge in [0.05, 0.1) is 17.7 Å². The quantitative estimate of drug-likeness (QED) is 0.750. The van der Waals surface area contributed by atoms with Crippen LogP contribution in [0.2, 0.25) is 0 Å². The van der Waals surface area contributed by atoms with E-state index in [2.05, 4.69) is 5.32 Å². The van der Waals surface area contributed by atoms with Crippen LogP contribution < -0.4 is 5.32 Å². The second kappa shape index (κ2) is 7.43. The van der Waals surface area contributed by atoms with Gasteiger partial charge in [0, 0.05) is 0 Å². The van der Waals surface area contributed by atoms with Crippen molar-refractivity contribution in [2.45, 2.75) is 52.0 Å². The van der Waals surface area contributed by atoms with Gasteiger partial charge in [-0.3, -0.25) is 0 Å². The predicted octanol–water partition coefficient (Wildman–Crippen LogP) is 2.07. The minimum absolute atomic E-state index is 0.101. The molecule has 0 spiro atoms. The summed E-state index contributed by atoms with van der Waals surface area (Å²) in [6, 6.07) is 8.50. The highest BCUT2D eigenvalue weighted by molar-refractivity contribution is 5.67. The average Bonchev–Trinajstić information content (AvgIpc) is 2.41. The van der Waals surface area contributed by atoms with Crippen LogP contribution in [0.3, 0.4) is 0 Å². The molecule has 0 saturated heterocycles. The molecular weight excluding hydrogens is 270 g/mol. The second-order valence-electron chi connectivity index (χ2n) is 6.07. The molecule has 0 aromatic heterocycles. The molecule has 0 radical (unpaired) electrons. The summed E-state index contributed by atoms with van der Waals surface area (Å²) in [5.41, 5.74) is -0.382. The fourth-order valence-electron chi connectivity index (χ4n) is 1.96. The first-order valence-corrected chi connectivity index (χ1v) is 7.09. The third-order valence-electron chi connectivity index (χ3n) is 3.27. The highest BCUT2D eigenvalue weighted by Crippen LogP contribution is 2.18. The molecule has 0 bridgehead atoms. The number of carbonyl (C=O) groups is 1. The number of nitrogens with one attached hydrogen (secondary N) is 1. The lowest BCUT2D eigenvalue weighted by molar-refractivity contribution is -0.0359. The zero-order valence-corrected chi connectivity index (χ0v) is 13.0. The molecule has 1 amide bonds. The van der Waals surface area contributed by atoms with Crippen molar-refractivity contribution in [3.05, 3.63) is 35.9 Å². The number of hydrogen-bond acceptors (Lipinski definition) is 4. The monoisotopic (exact) mass is 295 g/mol. The van der Waals surface area contributed by atoms with Gasteiger partial charge in [0.15, 0.2) is 0 Å². The molecule has 21 heavy (non-hydrogen) atoms. The molecule has 0 aliphatic heterocycles. The van der Waals surface area contributed by atoms with E-state index in [9.17, 15) is 15.0 Å². The number of benzene rings is 1. The fourth-order valence-corrected chi connectivity index (χ4v) is 1.96. The average molecular weight is 295 g/mol. The second-order valence-corrected chi connectivity index (χ2v) is 6.07. The Kier molecular flexibility index (Phi) is 6.18. The van der Waals surface area contributed by atoms with Gasteiger partial charge in [-0.1, -0.05) is 44.2 Å². The zero-order chi connectivity index (χ0) is 16.0. The maximum Gasteiger partial charge on any atom is 0.407 e. The lowest BCUT2D eigenvalue weighted by atomic mass is 9.88. The molecule has 0 heterocycles. The molecule has 3 N–H and O–H groups in total. The van der Waals surface area contributed by atoms with Crippen molar-refractivity contribution < 1.29 is 19.7 Å². The van der Waals surface area contributed by atoms with Crippen molar-refractivity contribution in [2.75, 3.05) is 0 Å². The Morgan fingerprint density at radius 3 is 2.33 bits per heavy atom. The number of rotatable bonds is 6. The molecule has 0 aliphatic carbocycles. The predicted molar refractivity (Wildman–Crippen MR) is 80.7 cm³/mol. The van der Waals surface area contributed by atoms with Crippen molar-refractivity contribution in [3.63, 3.8) is 0 Å². The molecule has 0 saturated carbocycles. The summed E-state index contributed by atoms with van der Waals surface area (Å²) >= 11 is 0. The molecule has 0 fully saturated rings. The number of aliphatic hydroxyl groups is 2. The normalized spacial score (nSPS) is 14.6. The van der Waals surface area contributed by atoms with Crippen LogP contribution in [0.25, 0.3) is 0 Å². The van der Waals surface area contributed by atoms with Crippen molar-refractivity contribution in [3.8, 4) is 0 Å². The van der Waals surface area contributed by atoms with E-state index >= 15 is 0 Å². The van der Waals surface area contributed by atoms with Gasteiger partial charge >= 0.3 is 6.09 Å². The first-order valence-electron chi connectivity index (χ1n) is 7.09. The molecule has 0 unspecified atom stereocenters. The van der Waals surface area contributed by atoms with Crippen LogP contribution in [-0.2, 0) is 11.3 Å². The summed E-state index contributed by atoms with van der Waals surface area (Å²) in [6.07, 6.45) is -1.53. The largest absolute Gasteiger partial charge is 0.445 e. The van der Waals surface area contributed by atoms with Gasteiger partial charge in [0.25, 0.3) is 0 Å². The standard InChI is InChI=1S/C16H25NO4/c1-11(2)13(18)14(16(3,4)20)17-15(19)21-10-12-8-6-5-7-9-12/h5-9,11,13-14,18,20H,10H2,1-4H3,(H,17,19)/t13-,14+/m1/s1. The van der Waals surface area contributed by atoms with Gasteiger partial charge in [0.2, 0.25) is 0 Å². The maximum atomic E-state index is 11.8. The molecule has 1 aromatic rings. The van der Waals surface area contributed by atoms with Crippen LogP contribution in [0.4, 0.5) is 4.79 Å². The van der Waals surface area contributed by atoms with Crippen LogP contribution >= 0.6 is 0 Å². The molecule has 0 aliphatic rings. The molecular formula is C16H25NO4. The van der Waals surface area contributed by atoms with Crippen LogP contribution in [0, 0.1) is 5.92 Å². The minimum atomic E-state index is -1.25. The van der Waals surface area contributed by atoms with E-state index in [-0.39, 0.29) is 12.5 Å². The zero-order valence-electron chi connectivity index (χ0n) is 13.0. The Morgan fingerprint density at radius 2 is 1.86 bits per heavy atom. The summed E-state index contributed by atoms with van der Waals surface area (Å²) in [5.74, 6) is -0.101. The van der Waals surface area contributed by atoms with Crippen LogP contribution in [0.5, 0.6) is 0 Å². The molecule has 2 atom stereocenters. The highest BCUT2D eigenvalue weighted by Gasteiger charge is 2.36. The summed E-state index contributed by atoms with van der Waals surface area (Å²) in [6.45, 7) is 6.87. The van der Waals surface area contributed by atoms with Crippen LogP contribution in [0.1, 0.15) is 33.3 Å². The number of carbonyl (C=O) groups excluding carboxylic acids is 1. The maximum absolute atomic E-state index is 11.8. The number of aliphatic hydroxyl groups excluding tert-OH is 1. The molecule has 118 valence electrons. The van der Waals surface area contributed by atoms with Gasteiger partial charge in [-0.2, -0.15) is 0 Å². The number of ether oxygens (including phenoxy) is 1. The third-order valence-corrected chi connectivity index (χ3v) is 3.27. The first-order chi connectivity index (χ1) is 9.71. The molecule has 1 rings (SSSR count). The lowest BCUT2D eigenvalue weighted by Gasteiger charge is -2.35. The number of hydrogen-bond donors (Lipinski definition) is 3. The van der Waals surface area contributed by atoms with E-state index in [0.29, 0.717) is 0 Å². The van der Waals surface area contributed by atoms with E-state index in [1.54, 1.807) is 13.8 Å². The minimum Gasteiger partial charge on any atom is -0.445 e. The Bertz CT molecular complexity index is 439. The fraction of sp³-hybridized carbons (Fsp3) is 0.562. The van der Waals surface area contributed by atoms with Crippen LogP contribution in [0.15, 0.2) is 30.3 Å². The molecule has 1 aromatic carbocycles. The van der Waals surface area contributed by atoms with E-state index in [4.69, 9.17) is 4.74 Å². The third kappa shape index (κ3) is 5.73. The van der Waals surface area contributed by atoms with E-state index < -0.39 is 23.8 Å². The van der Waals surface area contributed by atoms with Crippen LogP contribution in [-0.4, -0.2) is 34.1 Å². The summed E-state index contributed by atoms with van der Waals surface area (Å²) in [7, 11) is 0. The summed E-state index contributed by atoms with van der Waals surface area (Å²) in [4.78, 5) is 11.8. The van der Waals surface area contributed by atoms with Gasteiger partial charge in [-0.05, 0) is 25.3 Å². The van der Waals surface area contributed by atoms with E-state index in [1.807, 2.05) is 44.2 Å². The Morgan fingerprint density at radius 1 is 1.29 bits per heavy atom. The van der Waals surface area contributed by atoms with Gasteiger partial charge in [0.1, 0.15) is 6.61 Å².